The molecule has 496 valence electrons. The fraction of sp³-hybridized carbons (Fsp3) is 0.368. The summed E-state index contributed by atoms with van der Waals surface area (Å²) < 4.78 is 199. The molecule has 0 nitrogen and oxygen atoms in total. The number of halogens is 16. The molecule has 0 saturated heterocycles. The van der Waals surface area contributed by atoms with E-state index in [2.05, 4.69) is 178 Å². The highest BCUT2D eigenvalue weighted by atomic mass is 19.4. The fourth-order valence-corrected chi connectivity index (χ4v) is 11.7. The van der Waals surface area contributed by atoms with Crippen LogP contribution in [-0.2, 0) is 25.2 Å². The molecule has 0 unspecified atom stereocenters. The maximum atomic E-state index is 12.9. The minimum absolute atomic E-state index is 0.137. The van der Waals surface area contributed by atoms with E-state index >= 15 is 0 Å². The van der Waals surface area contributed by atoms with E-state index in [4.69, 9.17) is 0 Å². The van der Waals surface area contributed by atoms with Crippen LogP contribution in [0.5, 0.6) is 0 Å². The van der Waals surface area contributed by atoms with Crippen LogP contribution in [0.15, 0.2) is 133 Å². The monoisotopic (exact) mass is 1300 g/mol. The first kappa shape index (κ1) is 75.4. The standard InChI is InChI=1S/C26H30.C20H24F10.C20H18.C10H8F6/c1-15-9-19(5)25(20(6)10-15)23-13-18(4)24(14-17(23)3)26-21(7)11-16(2)12-22(26)8;1-13-11-16(8-4-6-10-18(23,24)20(28,29)30)14(2)12-15(13)7-3-5-9-17(21,22)19(25,26)27;1-15-13-20(18-11-7-4-8-12-18)16(2)14-19(15)17-9-5-3-6-10-17;1-5-3-8(10(14,15)16)6(2)4-7(5)9(11,12)13/h9-14H,1-8H3;11-12H,3-10H2,1-2H3;3-14H,1-2H3;3-4H,1-2H3. The molecule has 8 aromatic rings. The smallest absolute Gasteiger partial charge is 0.196 e. The van der Waals surface area contributed by atoms with Gasteiger partial charge in [0.25, 0.3) is 0 Å². The molecule has 0 radical (unpaired) electrons. The van der Waals surface area contributed by atoms with Crippen molar-refractivity contribution < 1.29 is 70.2 Å². The predicted molar refractivity (Wildman–Crippen MR) is 341 cm³/mol. The molecule has 0 saturated carbocycles. The van der Waals surface area contributed by atoms with Crippen molar-refractivity contribution in [3.63, 3.8) is 0 Å². The second kappa shape index (κ2) is 30.6. The average molecular weight is 1300 g/mol. The highest BCUT2D eigenvalue weighted by Gasteiger charge is 2.57. The lowest BCUT2D eigenvalue weighted by molar-refractivity contribution is -0.284. The van der Waals surface area contributed by atoms with Gasteiger partial charge in [-0.05, 0) is 270 Å². The molecule has 0 aliphatic heterocycles. The van der Waals surface area contributed by atoms with Gasteiger partial charge in [0.05, 0.1) is 11.1 Å². The Balaban J connectivity index is 0.000000228. The van der Waals surface area contributed by atoms with E-state index in [9.17, 15) is 70.2 Å². The zero-order valence-electron chi connectivity index (χ0n) is 54.4. The van der Waals surface area contributed by atoms with Gasteiger partial charge in [0, 0.05) is 12.8 Å². The molecule has 8 aromatic carbocycles. The summed E-state index contributed by atoms with van der Waals surface area (Å²) in [4.78, 5) is 0. The Morgan fingerprint density at radius 2 is 0.533 bits per heavy atom. The number of rotatable bonds is 14. The highest BCUT2D eigenvalue weighted by Crippen LogP contribution is 2.43. The molecule has 0 bridgehead atoms. The Morgan fingerprint density at radius 3 is 0.804 bits per heavy atom. The second-order valence-electron chi connectivity index (χ2n) is 24.2. The molecule has 0 N–H and O–H groups in total. The lowest BCUT2D eigenvalue weighted by atomic mass is 9.85. The van der Waals surface area contributed by atoms with Gasteiger partial charge in [-0.3, -0.25) is 0 Å². The van der Waals surface area contributed by atoms with Gasteiger partial charge in [-0.15, -0.1) is 0 Å². The number of hydrogen-bond acceptors (Lipinski definition) is 0. The molecular weight excluding hydrogens is 1220 g/mol. The molecule has 16 heteroatoms. The van der Waals surface area contributed by atoms with Gasteiger partial charge >= 0.3 is 36.6 Å². The maximum Gasteiger partial charge on any atom is 0.453 e. The topological polar surface area (TPSA) is 0 Å². The maximum absolute atomic E-state index is 12.9. The first-order valence-corrected chi connectivity index (χ1v) is 30.2. The van der Waals surface area contributed by atoms with Crippen molar-refractivity contribution >= 4 is 0 Å². The molecule has 0 amide bonds. The Kier molecular flexibility index (Phi) is 25.1. The molecule has 0 aliphatic rings. The van der Waals surface area contributed by atoms with Gasteiger partial charge in [0.1, 0.15) is 0 Å². The minimum atomic E-state index is -5.56. The molecule has 0 aliphatic carbocycles. The number of alkyl halides is 16. The highest BCUT2D eigenvalue weighted by molar-refractivity contribution is 5.82. The molecule has 92 heavy (non-hydrogen) atoms. The van der Waals surface area contributed by atoms with Crippen LogP contribution in [0.1, 0.15) is 139 Å². The third-order valence-corrected chi connectivity index (χ3v) is 16.4. The van der Waals surface area contributed by atoms with Gasteiger partial charge in [0.2, 0.25) is 0 Å². The normalized spacial score (nSPS) is 12.2. The largest absolute Gasteiger partial charge is 0.453 e. The van der Waals surface area contributed by atoms with Gasteiger partial charge in [-0.1, -0.05) is 132 Å². The molecule has 0 heterocycles. The van der Waals surface area contributed by atoms with E-state index in [1.807, 2.05) is 0 Å². The van der Waals surface area contributed by atoms with E-state index in [0.717, 1.165) is 36.1 Å². The Morgan fingerprint density at radius 1 is 0.261 bits per heavy atom. The number of aryl methyl sites for hydroxylation is 16. The summed E-state index contributed by atoms with van der Waals surface area (Å²) >= 11 is 0. The first-order valence-electron chi connectivity index (χ1n) is 30.2. The van der Waals surface area contributed by atoms with E-state index < -0.39 is 71.6 Å². The van der Waals surface area contributed by atoms with Crippen LogP contribution in [0.4, 0.5) is 70.2 Å². The summed E-state index contributed by atoms with van der Waals surface area (Å²) in [5, 5.41) is 0. The third kappa shape index (κ3) is 19.8. The van der Waals surface area contributed by atoms with Crippen LogP contribution >= 0.6 is 0 Å². The Bertz CT molecular complexity index is 3490. The zero-order valence-corrected chi connectivity index (χ0v) is 54.4. The van der Waals surface area contributed by atoms with Crippen molar-refractivity contribution in [3.05, 3.63) is 234 Å². The zero-order chi connectivity index (χ0) is 69.2. The van der Waals surface area contributed by atoms with Gasteiger partial charge in [0.15, 0.2) is 0 Å². The van der Waals surface area contributed by atoms with Gasteiger partial charge in [-0.25, -0.2) is 0 Å². The van der Waals surface area contributed by atoms with Crippen LogP contribution in [-0.4, -0.2) is 24.2 Å². The SMILES string of the molecule is Cc1cc(-c2ccccc2)c(C)cc1-c1ccccc1.Cc1cc(C(F)(F)F)c(C)cc1C(F)(F)F.Cc1cc(C)c(-c2cc(C)c(-c3c(C)cc(C)cc3C)cc2C)c(C)c1.Cc1cc(CCCCC(F)(F)C(F)(F)F)c(C)cc1CCCCC(F)(F)C(F)(F)F. The van der Waals surface area contributed by atoms with Gasteiger partial charge < -0.3 is 0 Å². The summed E-state index contributed by atoms with van der Waals surface area (Å²) in [5.41, 5.74) is 24.3. The molecule has 0 fully saturated rings. The van der Waals surface area contributed by atoms with E-state index in [1.54, 1.807) is 26.0 Å². The summed E-state index contributed by atoms with van der Waals surface area (Å²) in [7, 11) is 0. The molecular formula is C76H80F16. The quantitative estimate of drug-likeness (QED) is 0.0752. The lowest BCUT2D eigenvalue weighted by Crippen LogP contribution is -2.36. The third-order valence-electron chi connectivity index (χ3n) is 16.4. The summed E-state index contributed by atoms with van der Waals surface area (Å²) in [6.45, 7) is 27.6. The van der Waals surface area contributed by atoms with E-state index in [1.165, 1.54) is 100 Å². The van der Waals surface area contributed by atoms with Crippen LogP contribution in [0.2, 0.25) is 0 Å². The second-order valence-corrected chi connectivity index (χ2v) is 24.2. The Hall–Kier alpha value is -7.36. The van der Waals surface area contributed by atoms with Crippen LogP contribution < -0.4 is 0 Å². The number of hydrogen-bond donors (Lipinski definition) is 0. The number of benzene rings is 8. The van der Waals surface area contributed by atoms with Crippen molar-refractivity contribution in [2.24, 2.45) is 0 Å². The van der Waals surface area contributed by atoms with E-state index in [0.29, 0.717) is 25.0 Å². The summed E-state index contributed by atoms with van der Waals surface area (Å²) in [6.07, 6.45) is -22.7. The molecule has 0 spiro atoms. The minimum Gasteiger partial charge on any atom is -0.196 e. The van der Waals surface area contributed by atoms with Crippen LogP contribution in [0.25, 0.3) is 44.5 Å². The van der Waals surface area contributed by atoms with E-state index in [-0.39, 0.29) is 25.7 Å². The van der Waals surface area contributed by atoms with Gasteiger partial charge in [-0.2, -0.15) is 70.2 Å². The summed E-state index contributed by atoms with van der Waals surface area (Å²) in [6, 6.07) is 44.2. The van der Waals surface area contributed by atoms with Crippen molar-refractivity contribution in [3.8, 4) is 44.5 Å². The van der Waals surface area contributed by atoms with Crippen molar-refractivity contribution in [2.75, 3.05) is 0 Å². The van der Waals surface area contributed by atoms with Crippen LogP contribution in [0.3, 0.4) is 0 Å². The molecule has 0 atom stereocenters. The fourth-order valence-electron chi connectivity index (χ4n) is 11.7. The van der Waals surface area contributed by atoms with Crippen molar-refractivity contribution in [1.82, 2.24) is 0 Å². The van der Waals surface area contributed by atoms with Crippen molar-refractivity contribution in [1.29, 1.82) is 0 Å². The Labute approximate surface area is 531 Å². The first-order chi connectivity index (χ1) is 42.4. The summed E-state index contributed by atoms with van der Waals surface area (Å²) in [5.74, 6) is -9.44. The average Bonchev–Trinajstić information content (AvgIpc) is 1.21. The molecule has 8 rings (SSSR count). The van der Waals surface area contributed by atoms with Crippen molar-refractivity contribution in [2.45, 2.75) is 185 Å². The predicted octanol–water partition coefficient (Wildman–Crippen LogP) is 25.6. The number of unbranched alkanes of at least 4 members (excludes halogenated alkanes) is 2. The van der Waals surface area contributed by atoms with Crippen LogP contribution in [0, 0.1) is 96.9 Å². The lowest BCUT2D eigenvalue weighted by Gasteiger charge is -2.19. The molecule has 0 aromatic heterocycles.